The van der Waals surface area contributed by atoms with Gasteiger partial charge in [0.2, 0.25) is 0 Å². The van der Waals surface area contributed by atoms with Crippen LogP contribution in [0.2, 0.25) is 0 Å². The molecular formula is C16H28O3P+. The van der Waals surface area contributed by atoms with Gasteiger partial charge in [0.1, 0.15) is 13.2 Å². The summed E-state index contributed by atoms with van der Waals surface area (Å²) in [5.74, 6) is 0.796. The summed E-state index contributed by atoms with van der Waals surface area (Å²) in [6.45, 7) is 14.1. The van der Waals surface area contributed by atoms with E-state index in [0.717, 1.165) is 5.75 Å². The highest BCUT2D eigenvalue weighted by atomic mass is 31.2. The fourth-order valence-electron chi connectivity index (χ4n) is 1.24. The highest BCUT2D eigenvalue weighted by molar-refractivity contribution is 7.42. The molecule has 20 heavy (non-hydrogen) atoms. The van der Waals surface area contributed by atoms with Gasteiger partial charge in [-0.3, -0.25) is 4.52 Å². The van der Waals surface area contributed by atoms with Crippen molar-refractivity contribution in [1.82, 2.24) is 0 Å². The third-order valence-corrected chi connectivity index (χ3v) is 3.35. The minimum absolute atomic E-state index is 0.0983. The Kier molecular flexibility index (Phi) is 6.44. The fraction of sp³-hybridized carbons (Fsp3) is 0.625. The molecule has 0 bridgehead atoms. The van der Waals surface area contributed by atoms with Crippen molar-refractivity contribution < 1.29 is 13.6 Å². The van der Waals surface area contributed by atoms with Crippen LogP contribution in [-0.4, -0.2) is 13.2 Å². The van der Waals surface area contributed by atoms with Crippen LogP contribution in [0.5, 0.6) is 5.75 Å². The predicted octanol–water partition coefficient (Wildman–Crippen LogP) is 5.15. The number of rotatable bonds is 6. The zero-order valence-electron chi connectivity index (χ0n) is 13.5. The monoisotopic (exact) mass is 299 g/mol. The quantitative estimate of drug-likeness (QED) is 0.680. The zero-order valence-corrected chi connectivity index (χ0v) is 14.5. The van der Waals surface area contributed by atoms with Crippen LogP contribution >= 0.6 is 8.60 Å². The average Bonchev–Trinajstić information content (AvgIpc) is 2.32. The molecule has 0 aliphatic rings. The number of para-hydroxylation sites is 1. The summed E-state index contributed by atoms with van der Waals surface area (Å²) in [5, 5.41) is 0. The molecule has 0 saturated heterocycles. The van der Waals surface area contributed by atoms with Gasteiger partial charge < -0.3 is 0 Å². The lowest BCUT2D eigenvalue weighted by molar-refractivity contribution is 0.124. The normalized spacial score (nSPS) is 12.8. The van der Waals surface area contributed by atoms with E-state index in [9.17, 15) is 0 Å². The van der Waals surface area contributed by atoms with E-state index in [1.807, 2.05) is 30.3 Å². The third kappa shape index (κ3) is 8.52. The summed E-state index contributed by atoms with van der Waals surface area (Å²) in [6, 6.07) is 9.70. The van der Waals surface area contributed by atoms with Gasteiger partial charge in [-0.15, -0.1) is 0 Å². The third-order valence-electron chi connectivity index (χ3n) is 2.19. The second kappa shape index (κ2) is 7.40. The van der Waals surface area contributed by atoms with Crippen molar-refractivity contribution in [2.45, 2.75) is 41.5 Å². The smallest absolute Gasteiger partial charge is 0.289 e. The van der Waals surface area contributed by atoms with E-state index in [0.29, 0.717) is 13.2 Å². The molecule has 1 aromatic rings. The maximum atomic E-state index is 5.86. The first kappa shape index (κ1) is 17.4. The van der Waals surface area contributed by atoms with E-state index in [1.54, 1.807) is 0 Å². The molecule has 3 nitrogen and oxygen atoms in total. The zero-order chi connectivity index (χ0) is 15.2. The van der Waals surface area contributed by atoms with Crippen molar-refractivity contribution in [3.63, 3.8) is 0 Å². The summed E-state index contributed by atoms with van der Waals surface area (Å²) in [5.41, 5.74) is 0.197. The maximum Gasteiger partial charge on any atom is 0.444 e. The topological polar surface area (TPSA) is 27.7 Å². The molecule has 114 valence electrons. The lowest BCUT2D eigenvalue weighted by Crippen LogP contribution is -2.17. The first-order valence-corrected chi connectivity index (χ1v) is 8.24. The Labute approximate surface area is 124 Å². The van der Waals surface area contributed by atoms with E-state index in [2.05, 4.69) is 41.5 Å². The second-order valence-corrected chi connectivity index (χ2v) is 8.65. The van der Waals surface area contributed by atoms with Crippen molar-refractivity contribution >= 4 is 8.60 Å². The van der Waals surface area contributed by atoms with Crippen LogP contribution in [0.4, 0.5) is 0 Å². The van der Waals surface area contributed by atoms with E-state index in [4.69, 9.17) is 13.6 Å². The van der Waals surface area contributed by atoms with Gasteiger partial charge in [0, 0.05) is 0 Å². The van der Waals surface area contributed by atoms with Crippen LogP contribution in [-0.2, 0) is 9.05 Å². The number of hydrogen-bond donors (Lipinski definition) is 0. The molecule has 4 heteroatoms. The Balaban J connectivity index is 2.59. The lowest BCUT2D eigenvalue weighted by atomic mass is 9.99. The van der Waals surface area contributed by atoms with Gasteiger partial charge in [-0.2, -0.15) is 9.05 Å². The summed E-state index contributed by atoms with van der Waals surface area (Å²) in [6.07, 6.45) is 0. The SMILES string of the molecule is CC(C)(C)CO[PH+](OCC(C)(C)C)Oc1ccccc1. The lowest BCUT2D eigenvalue weighted by Gasteiger charge is -2.20. The van der Waals surface area contributed by atoms with E-state index < -0.39 is 8.60 Å². The summed E-state index contributed by atoms with van der Waals surface area (Å²) >= 11 is 0. The first-order chi connectivity index (χ1) is 9.16. The van der Waals surface area contributed by atoms with Crippen molar-refractivity contribution in [2.75, 3.05) is 13.2 Å². The summed E-state index contributed by atoms with van der Waals surface area (Å²) in [7, 11) is -1.76. The maximum absolute atomic E-state index is 5.86. The Morgan fingerprint density at radius 3 is 1.65 bits per heavy atom. The molecular weight excluding hydrogens is 271 g/mol. The molecule has 0 unspecified atom stereocenters. The fourth-order valence-corrected chi connectivity index (χ4v) is 2.87. The van der Waals surface area contributed by atoms with Gasteiger partial charge in [0.05, 0.1) is 0 Å². The van der Waals surface area contributed by atoms with Crippen LogP contribution < -0.4 is 4.52 Å². The van der Waals surface area contributed by atoms with Crippen molar-refractivity contribution in [3.8, 4) is 5.75 Å². The highest BCUT2D eigenvalue weighted by Gasteiger charge is 2.28. The molecule has 0 amide bonds. The van der Waals surface area contributed by atoms with Crippen molar-refractivity contribution in [1.29, 1.82) is 0 Å². The van der Waals surface area contributed by atoms with Gasteiger partial charge in [0.15, 0.2) is 5.75 Å². The summed E-state index contributed by atoms with van der Waals surface area (Å²) < 4.78 is 17.6. The molecule has 0 radical (unpaired) electrons. The summed E-state index contributed by atoms with van der Waals surface area (Å²) in [4.78, 5) is 0. The average molecular weight is 299 g/mol. The first-order valence-electron chi connectivity index (χ1n) is 7.01. The standard InChI is InChI=1S/C16H28O3P/c1-15(2,3)12-17-20(18-13-16(4,5)6)19-14-10-8-7-9-11-14/h7-11,20H,12-13H2,1-6H3/q+1. The minimum atomic E-state index is -1.76. The molecule has 0 aliphatic heterocycles. The molecule has 0 heterocycles. The Morgan fingerprint density at radius 2 is 1.25 bits per heavy atom. The Morgan fingerprint density at radius 1 is 0.800 bits per heavy atom. The molecule has 0 atom stereocenters. The van der Waals surface area contributed by atoms with Gasteiger partial charge in [-0.1, -0.05) is 59.7 Å². The van der Waals surface area contributed by atoms with Gasteiger partial charge >= 0.3 is 8.60 Å². The highest BCUT2D eigenvalue weighted by Crippen LogP contribution is 2.43. The largest absolute Gasteiger partial charge is 0.444 e. The Bertz CT molecular complexity index is 361. The van der Waals surface area contributed by atoms with Crippen molar-refractivity contribution in [3.05, 3.63) is 30.3 Å². The molecule has 1 rings (SSSR count). The van der Waals surface area contributed by atoms with Crippen molar-refractivity contribution in [2.24, 2.45) is 10.8 Å². The van der Waals surface area contributed by atoms with Gasteiger partial charge in [-0.05, 0) is 23.0 Å². The van der Waals surface area contributed by atoms with Gasteiger partial charge in [0.25, 0.3) is 0 Å². The number of benzene rings is 1. The minimum Gasteiger partial charge on any atom is -0.289 e. The molecule has 0 aromatic heterocycles. The Hall–Kier alpha value is -0.630. The number of hydrogen-bond acceptors (Lipinski definition) is 3. The van der Waals surface area contributed by atoms with Crippen LogP contribution in [0.1, 0.15) is 41.5 Å². The van der Waals surface area contributed by atoms with Crippen LogP contribution in [0.25, 0.3) is 0 Å². The van der Waals surface area contributed by atoms with Crippen LogP contribution in [0.15, 0.2) is 30.3 Å². The molecule has 0 fully saturated rings. The molecule has 0 N–H and O–H groups in total. The molecule has 1 aromatic carbocycles. The van der Waals surface area contributed by atoms with Gasteiger partial charge in [-0.25, -0.2) is 0 Å². The van der Waals surface area contributed by atoms with E-state index in [1.165, 1.54) is 0 Å². The second-order valence-electron chi connectivity index (χ2n) is 7.36. The molecule has 0 spiro atoms. The van der Waals surface area contributed by atoms with E-state index in [-0.39, 0.29) is 10.8 Å². The van der Waals surface area contributed by atoms with Crippen LogP contribution in [0, 0.1) is 10.8 Å². The predicted molar refractivity (Wildman–Crippen MR) is 86.2 cm³/mol. The molecule has 0 saturated carbocycles. The van der Waals surface area contributed by atoms with Crippen LogP contribution in [0.3, 0.4) is 0 Å². The van der Waals surface area contributed by atoms with E-state index >= 15 is 0 Å². The molecule has 0 aliphatic carbocycles.